The lowest BCUT2D eigenvalue weighted by molar-refractivity contribution is 0.802. The molecule has 1 aliphatic carbocycles. The Labute approximate surface area is 164 Å². The molecule has 0 spiro atoms. The van der Waals surface area contributed by atoms with Crippen molar-refractivity contribution in [3.05, 3.63) is 46.1 Å². The molecule has 0 atom stereocenters. The second-order valence-electron chi connectivity index (χ2n) is 7.70. The average Bonchev–Trinajstić information content (AvgIpc) is 3.37. The summed E-state index contributed by atoms with van der Waals surface area (Å²) in [5.41, 5.74) is 8.86. The van der Waals surface area contributed by atoms with Crippen molar-refractivity contribution in [1.29, 1.82) is 0 Å². The van der Waals surface area contributed by atoms with Crippen LogP contribution in [0.15, 0.2) is 29.5 Å². The van der Waals surface area contributed by atoms with E-state index in [9.17, 15) is 4.79 Å². The van der Waals surface area contributed by atoms with Crippen LogP contribution in [-0.2, 0) is 20.5 Å². The molecule has 0 aliphatic heterocycles. The maximum Gasteiger partial charge on any atom is 0.262 e. The molecule has 8 heteroatoms. The Kier molecular flexibility index (Phi) is 3.05. The lowest BCUT2D eigenvalue weighted by Gasteiger charge is -2.19. The number of aromatic nitrogens is 7. The highest BCUT2D eigenvalue weighted by Crippen LogP contribution is 2.43. The van der Waals surface area contributed by atoms with Crippen LogP contribution in [0.25, 0.3) is 49.8 Å². The molecule has 5 aromatic rings. The minimum Gasteiger partial charge on any atom is -0.325 e. The standard InChI is InChI=1S/C21H19N7O/c1-10-5-4-6-11-7-13-12(8-24-25-13)15(14(10)11)17-19-18(28(3)26-17)16-20(27(19)2)22-9-23-21(16)29/h5,7-9H,4,6H2,1-3H3,(H,24,25)(H,22,23,29). The van der Waals surface area contributed by atoms with Crippen molar-refractivity contribution in [3.63, 3.8) is 0 Å². The average molecular weight is 385 g/mol. The number of H-pyrrole nitrogens is 2. The summed E-state index contributed by atoms with van der Waals surface area (Å²) >= 11 is 0. The van der Waals surface area contributed by atoms with E-state index in [2.05, 4.69) is 39.2 Å². The first kappa shape index (κ1) is 16.3. The number of hydrogen-bond acceptors (Lipinski definition) is 4. The largest absolute Gasteiger partial charge is 0.325 e. The third-order valence-electron chi connectivity index (χ3n) is 6.07. The number of benzene rings is 1. The zero-order chi connectivity index (χ0) is 19.9. The van der Waals surface area contributed by atoms with Gasteiger partial charge < -0.3 is 9.55 Å². The van der Waals surface area contributed by atoms with Gasteiger partial charge in [0.2, 0.25) is 0 Å². The van der Waals surface area contributed by atoms with Gasteiger partial charge >= 0.3 is 0 Å². The van der Waals surface area contributed by atoms with Gasteiger partial charge in [0.05, 0.1) is 23.6 Å². The molecule has 1 aromatic carbocycles. The number of nitrogens with zero attached hydrogens (tertiary/aromatic N) is 5. The molecule has 0 saturated carbocycles. The highest BCUT2D eigenvalue weighted by molar-refractivity contribution is 6.13. The number of hydrogen-bond donors (Lipinski definition) is 2. The highest BCUT2D eigenvalue weighted by Gasteiger charge is 2.27. The van der Waals surface area contributed by atoms with Crippen molar-refractivity contribution in [2.75, 3.05) is 0 Å². The molecule has 2 N–H and O–H groups in total. The molecule has 0 saturated heterocycles. The van der Waals surface area contributed by atoms with Gasteiger partial charge in [-0.15, -0.1) is 0 Å². The van der Waals surface area contributed by atoms with E-state index in [4.69, 9.17) is 5.10 Å². The first-order chi connectivity index (χ1) is 14.1. The Morgan fingerprint density at radius 3 is 2.90 bits per heavy atom. The van der Waals surface area contributed by atoms with Crippen LogP contribution in [0.4, 0.5) is 0 Å². The van der Waals surface area contributed by atoms with Gasteiger partial charge in [0.15, 0.2) is 0 Å². The summed E-state index contributed by atoms with van der Waals surface area (Å²) < 4.78 is 3.76. The van der Waals surface area contributed by atoms with E-state index in [1.54, 1.807) is 4.68 Å². The van der Waals surface area contributed by atoms with Crippen LogP contribution in [0.3, 0.4) is 0 Å². The summed E-state index contributed by atoms with van der Waals surface area (Å²) in [4.78, 5) is 19.7. The van der Waals surface area contributed by atoms with Crippen LogP contribution in [0.2, 0.25) is 0 Å². The Morgan fingerprint density at radius 2 is 2.03 bits per heavy atom. The molecular weight excluding hydrogens is 366 g/mol. The zero-order valence-corrected chi connectivity index (χ0v) is 16.4. The van der Waals surface area contributed by atoms with E-state index in [-0.39, 0.29) is 5.56 Å². The topological polar surface area (TPSA) is 97.2 Å². The molecular formula is C21H19N7O. The van der Waals surface area contributed by atoms with Crippen molar-refractivity contribution in [1.82, 2.24) is 34.5 Å². The maximum atomic E-state index is 12.6. The second kappa shape index (κ2) is 5.44. The number of aryl methyl sites for hydroxylation is 3. The Morgan fingerprint density at radius 1 is 1.17 bits per heavy atom. The van der Waals surface area contributed by atoms with Gasteiger partial charge in [-0.3, -0.25) is 14.6 Å². The van der Waals surface area contributed by atoms with E-state index in [1.165, 1.54) is 23.0 Å². The summed E-state index contributed by atoms with van der Waals surface area (Å²) in [5.74, 6) is 0. The predicted octanol–water partition coefficient (Wildman–Crippen LogP) is 3.04. The number of rotatable bonds is 1. The van der Waals surface area contributed by atoms with Gasteiger partial charge in [0.25, 0.3) is 5.56 Å². The number of nitrogens with one attached hydrogen (secondary N) is 2. The molecule has 1 aliphatic rings. The fourth-order valence-corrected chi connectivity index (χ4v) is 4.83. The fraction of sp³-hybridized carbons (Fsp3) is 0.238. The first-order valence-corrected chi connectivity index (χ1v) is 9.61. The lowest BCUT2D eigenvalue weighted by atomic mass is 9.85. The van der Waals surface area contributed by atoms with E-state index in [1.807, 2.05) is 24.9 Å². The number of allylic oxidation sites excluding steroid dienone is 2. The normalized spacial score (nSPS) is 14.1. The summed E-state index contributed by atoms with van der Waals surface area (Å²) in [6.45, 7) is 2.15. The SMILES string of the molecule is CC1=CCCc2cc3[nH]ncc3c(-c3nn(C)c4c5c(=O)[nH]cnc5n(C)c34)c21. The van der Waals surface area contributed by atoms with Gasteiger partial charge in [-0.05, 0) is 42.5 Å². The Balaban J connectivity index is 1.86. The van der Waals surface area contributed by atoms with E-state index in [0.29, 0.717) is 11.0 Å². The van der Waals surface area contributed by atoms with Crippen molar-refractivity contribution in [2.24, 2.45) is 14.1 Å². The molecule has 144 valence electrons. The Bertz CT molecular complexity index is 1560. The van der Waals surface area contributed by atoms with Gasteiger partial charge in [-0.1, -0.05) is 6.08 Å². The van der Waals surface area contributed by atoms with E-state index >= 15 is 0 Å². The smallest absolute Gasteiger partial charge is 0.262 e. The van der Waals surface area contributed by atoms with Gasteiger partial charge in [-0.2, -0.15) is 10.2 Å². The summed E-state index contributed by atoms with van der Waals surface area (Å²) in [5, 5.41) is 13.9. The molecule has 0 fully saturated rings. The summed E-state index contributed by atoms with van der Waals surface area (Å²) in [6.07, 6.45) is 7.61. The molecule has 4 aromatic heterocycles. The van der Waals surface area contributed by atoms with Gasteiger partial charge in [0.1, 0.15) is 22.2 Å². The molecule has 0 radical (unpaired) electrons. The van der Waals surface area contributed by atoms with Crippen molar-refractivity contribution < 1.29 is 0 Å². The van der Waals surface area contributed by atoms with Crippen LogP contribution in [0.5, 0.6) is 0 Å². The molecule has 29 heavy (non-hydrogen) atoms. The van der Waals surface area contributed by atoms with Crippen molar-refractivity contribution in [3.8, 4) is 11.3 Å². The quantitative estimate of drug-likeness (QED) is 0.463. The van der Waals surface area contributed by atoms with Gasteiger partial charge in [0, 0.05) is 25.0 Å². The summed E-state index contributed by atoms with van der Waals surface area (Å²) in [6, 6.07) is 2.20. The minimum atomic E-state index is -0.158. The van der Waals surface area contributed by atoms with Crippen LogP contribution >= 0.6 is 0 Å². The first-order valence-electron chi connectivity index (χ1n) is 9.61. The lowest BCUT2D eigenvalue weighted by Crippen LogP contribution is -2.07. The van der Waals surface area contributed by atoms with E-state index in [0.717, 1.165) is 46.0 Å². The maximum absolute atomic E-state index is 12.6. The summed E-state index contributed by atoms with van der Waals surface area (Å²) in [7, 11) is 3.81. The monoisotopic (exact) mass is 385 g/mol. The highest BCUT2D eigenvalue weighted by atomic mass is 16.1. The molecule has 0 amide bonds. The van der Waals surface area contributed by atoms with Gasteiger partial charge in [-0.25, -0.2) is 4.98 Å². The molecule has 8 nitrogen and oxygen atoms in total. The van der Waals surface area contributed by atoms with Crippen LogP contribution in [0, 0.1) is 0 Å². The van der Waals surface area contributed by atoms with Crippen LogP contribution < -0.4 is 5.56 Å². The molecule has 6 rings (SSSR count). The zero-order valence-electron chi connectivity index (χ0n) is 16.4. The molecule has 4 heterocycles. The van der Waals surface area contributed by atoms with Crippen molar-refractivity contribution in [2.45, 2.75) is 19.8 Å². The Hall–Kier alpha value is -3.68. The number of fused-ring (bicyclic) bond motifs is 5. The molecule has 0 bridgehead atoms. The van der Waals surface area contributed by atoms with Crippen LogP contribution in [0.1, 0.15) is 24.5 Å². The van der Waals surface area contributed by atoms with E-state index < -0.39 is 0 Å². The van der Waals surface area contributed by atoms with Crippen LogP contribution in [-0.4, -0.2) is 34.5 Å². The third kappa shape index (κ3) is 1.98. The predicted molar refractivity (Wildman–Crippen MR) is 113 cm³/mol. The minimum absolute atomic E-state index is 0.158. The molecule has 0 unspecified atom stereocenters. The fourth-order valence-electron chi connectivity index (χ4n) is 4.83. The second-order valence-corrected chi connectivity index (χ2v) is 7.70. The third-order valence-corrected chi connectivity index (χ3v) is 6.07. The van der Waals surface area contributed by atoms with Crippen molar-refractivity contribution >= 4 is 38.5 Å². The number of aromatic amines is 2.